The molecule has 1 aromatic carbocycles. The van der Waals surface area contributed by atoms with Crippen molar-refractivity contribution >= 4 is 21.4 Å². The van der Waals surface area contributed by atoms with Gasteiger partial charge in [0.25, 0.3) is 0 Å². The number of hydrogen-bond acceptors (Lipinski definition) is 4. The van der Waals surface area contributed by atoms with Crippen LogP contribution in [0.15, 0.2) is 24.3 Å². The number of thiophene rings is 1. The average Bonchev–Trinajstić information content (AvgIpc) is 2.76. The summed E-state index contributed by atoms with van der Waals surface area (Å²) >= 11 is 1.82. The fraction of sp³-hybridized carbons (Fsp3) is 0.467. The van der Waals surface area contributed by atoms with Gasteiger partial charge < -0.3 is 15.2 Å². The van der Waals surface area contributed by atoms with Crippen molar-refractivity contribution in [3.63, 3.8) is 0 Å². The Labute approximate surface area is 118 Å². The molecule has 104 valence electrons. The molecule has 2 aromatic rings. The monoisotopic (exact) mass is 279 g/mol. The second kappa shape index (κ2) is 6.48. The molecule has 0 amide bonds. The highest BCUT2D eigenvalue weighted by molar-refractivity contribution is 7.19. The Bertz CT molecular complexity index is 538. The number of fused-ring (bicyclic) bond motifs is 1. The molecule has 2 N–H and O–H groups in total. The van der Waals surface area contributed by atoms with E-state index >= 15 is 0 Å². The first-order valence-electron chi connectivity index (χ1n) is 6.51. The summed E-state index contributed by atoms with van der Waals surface area (Å²) in [6.07, 6.45) is 0. The average molecular weight is 279 g/mol. The molecule has 0 radical (unpaired) electrons. The number of hydrogen-bond donors (Lipinski definition) is 2. The van der Waals surface area contributed by atoms with Gasteiger partial charge in [0.1, 0.15) is 0 Å². The normalized spacial score (nSPS) is 14.7. The van der Waals surface area contributed by atoms with E-state index in [1.807, 2.05) is 11.3 Å². The molecule has 3 nitrogen and oxygen atoms in total. The molecular formula is C15H21NO2S. The number of aryl methyl sites for hydroxylation is 1. The minimum absolute atomic E-state index is 0.0235. The van der Waals surface area contributed by atoms with Crippen LogP contribution in [-0.2, 0) is 4.74 Å². The van der Waals surface area contributed by atoms with E-state index in [0.717, 1.165) is 0 Å². The molecule has 0 saturated heterocycles. The van der Waals surface area contributed by atoms with E-state index in [9.17, 15) is 5.11 Å². The van der Waals surface area contributed by atoms with E-state index < -0.39 is 0 Å². The van der Waals surface area contributed by atoms with Crippen LogP contribution in [0.4, 0.5) is 0 Å². The van der Waals surface area contributed by atoms with E-state index in [1.165, 1.54) is 20.5 Å². The summed E-state index contributed by atoms with van der Waals surface area (Å²) in [5.41, 5.74) is 1.33. The minimum atomic E-state index is -0.0235. The Morgan fingerprint density at radius 3 is 2.74 bits per heavy atom. The zero-order valence-corrected chi connectivity index (χ0v) is 12.5. The predicted molar refractivity (Wildman–Crippen MR) is 80.9 cm³/mol. The van der Waals surface area contributed by atoms with Crippen molar-refractivity contribution in [3.8, 4) is 0 Å². The summed E-state index contributed by atoms with van der Waals surface area (Å²) in [6.45, 7) is 4.90. The zero-order valence-electron chi connectivity index (χ0n) is 11.6. The fourth-order valence-electron chi connectivity index (χ4n) is 2.39. The molecule has 1 aromatic heterocycles. The third-order valence-electron chi connectivity index (χ3n) is 3.35. The SMILES string of the molecule is COCC(CO)NC(C)c1sc2ccccc2c1C. The van der Waals surface area contributed by atoms with Crippen molar-refractivity contribution in [2.75, 3.05) is 20.3 Å². The Hall–Kier alpha value is -0.940. The van der Waals surface area contributed by atoms with Crippen molar-refractivity contribution in [2.24, 2.45) is 0 Å². The van der Waals surface area contributed by atoms with Gasteiger partial charge in [-0.2, -0.15) is 0 Å². The summed E-state index contributed by atoms with van der Waals surface area (Å²) in [4.78, 5) is 1.33. The first-order valence-corrected chi connectivity index (χ1v) is 7.33. The van der Waals surface area contributed by atoms with Crippen LogP contribution in [0.3, 0.4) is 0 Å². The van der Waals surface area contributed by atoms with Gasteiger partial charge in [-0.1, -0.05) is 18.2 Å². The molecule has 0 aliphatic rings. The Morgan fingerprint density at radius 2 is 2.11 bits per heavy atom. The molecule has 4 heteroatoms. The molecule has 0 spiro atoms. The van der Waals surface area contributed by atoms with Crippen molar-refractivity contribution in [1.82, 2.24) is 5.32 Å². The molecule has 2 unspecified atom stereocenters. The maximum atomic E-state index is 9.32. The van der Waals surface area contributed by atoms with Gasteiger partial charge in [0.2, 0.25) is 0 Å². The minimum Gasteiger partial charge on any atom is -0.395 e. The molecule has 19 heavy (non-hydrogen) atoms. The molecule has 0 bridgehead atoms. The van der Waals surface area contributed by atoms with Crippen molar-refractivity contribution in [1.29, 1.82) is 0 Å². The number of benzene rings is 1. The first kappa shape index (κ1) is 14.5. The van der Waals surface area contributed by atoms with Gasteiger partial charge in [0.15, 0.2) is 0 Å². The molecule has 1 heterocycles. The van der Waals surface area contributed by atoms with Gasteiger partial charge >= 0.3 is 0 Å². The topological polar surface area (TPSA) is 41.5 Å². The van der Waals surface area contributed by atoms with Gasteiger partial charge in [0, 0.05) is 22.7 Å². The lowest BCUT2D eigenvalue weighted by Crippen LogP contribution is -2.38. The maximum absolute atomic E-state index is 9.32. The zero-order chi connectivity index (χ0) is 13.8. The standard InChI is InChI=1S/C15H21NO2S/c1-10-13-6-4-5-7-14(13)19-15(10)11(2)16-12(8-17)9-18-3/h4-7,11-12,16-17H,8-9H2,1-3H3. The Morgan fingerprint density at radius 1 is 1.37 bits per heavy atom. The second-order valence-electron chi connectivity index (χ2n) is 4.81. The highest BCUT2D eigenvalue weighted by atomic mass is 32.1. The largest absolute Gasteiger partial charge is 0.395 e. The van der Waals surface area contributed by atoms with E-state index in [2.05, 4.69) is 43.4 Å². The van der Waals surface area contributed by atoms with Crippen molar-refractivity contribution in [2.45, 2.75) is 25.9 Å². The van der Waals surface area contributed by atoms with Crippen LogP contribution < -0.4 is 5.32 Å². The fourth-order valence-corrected chi connectivity index (χ4v) is 3.61. The van der Waals surface area contributed by atoms with Crippen LogP contribution in [0.1, 0.15) is 23.4 Å². The number of aliphatic hydroxyl groups excluding tert-OH is 1. The quantitative estimate of drug-likeness (QED) is 0.854. The summed E-state index contributed by atoms with van der Waals surface area (Å²) in [5, 5.41) is 14.1. The molecule has 0 aliphatic heterocycles. The van der Waals surface area contributed by atoms with Crippen LogP contribution in [0, 0.1) is 6.92 Å². The summed E-state index contributed by atoms with van der Waals surface area (Å²) < 4.78 is 6.42. The molecule has 0 saturated carbocycles. The first-order chi connectivity index (χ1) is 9.17. The van der Waals surface area contributed by atoms with Crippen LogP contribution >= 0.6 is 11.3 Å². The Balaban J connectivity index is 2.21. The third kappa shape index (κ3) is 3.15. The number of nitrogens with one attached hydrogen (secondary N) is 1. The Kier molecular flexibility index (Phi) is 4.93. The van der Waals surface area contributed by atoms with Gasteiger partial charge in [-0.25, -0.2) is 0 Å². The summed E-state index contributed by atoms with van der Waals surface area (Å²) in [5.74, 6) is 0. The van der Waals surface area contributed by atoms with Crippen LogP contribution in [-0.4, -0.2) is 31.5 Å². The lowest BCUT2D eigenvalue weighted by Gasteiger charge is -2.20. The van der Waals surface area contributed by atoms with Gasteiger partial charge in [-0.15, -0.1) is 11.3 Å². The second-order valence-corrected chi connectivity index (χ2v) is 5.89. The van der Waals surface area contributed by atoms with E-state index in [1.54, 1.807) is 7.11 Å². The lowest BCUT2D eigenvalue weighted by molar-refractivity contribution is 0.123. The smallest absolute Gasteiger partial charge is 0.0638 e. The number of aliphatic hydroxyl groups is 1. The highest BCUT2D eigenvalue weighted by Gasteiger charge is 2.17. The van der Waals surface area contributed by atoms with Crippen LogP contribution in [0.5, 0.6) is 0 Å². The maximum Gasteiger partial charge on any atom is 0.0638 e. The van der Waals surface area contributed by atoms with E-state index in [0.29, 0.717) is 6.61 Å². The van der Waals surface area contributed by atoms with E-state index in [4.69, 9.17) is 4.74 Å². The molecule has 2 atom stereocenters. The summed E-state index contributed by atoms with van der Waals surface area (Å²) in [6, 6.07) is 8.65. The van der Waals surface area contributed by atoms with Gasteiger partial charge in [-0.05, 0) is 30.9 Å². The molecule has 2 rings (SSSR count). The number of ether oxygens (including phenoxy) is 1. The lowest BCUT2D eigenvalue weighted by atomic mass is 10.1. The molecular weight excluding hydrogens is 258 g/mol. The predicted octanol–water partition coefficient (Wildman–Crippen LogP) is 2.87. The third-order valence-corrected chi connectivity index (χ3v) is 4.80. The van der Waals surface area contributed by atoms with Crippen molar-refractivity contribution in [3.05, 3.63) is 34.7 Å². The molecule has 0 fully saturated rings. The van der Waals surface area contributed by atoms with E-state index in [-0.39, 0.29) is 18.7 Å². The van der Waals surface area contributed by atoms with Gasteiger partial charge in [-0.3, -0.25) is 0 Å². The van der Waals surface area contributed by atoms with Gasteiger partial charge in [0.05, 0.1) is 19.3 Å². The number of rotatable bonds is 6. The van der Waals surface area contributed by atoms with Crippen molar-refractivity contribution < 1.29 is 9.84 Å². The highest BCUT2D eigenvalue weighted by Crippen LogP contribution is 2.34. The van der Waals surface area contributed by atoms with Crippen LogP contribution in [0.25, 0.3) is 10.1 Å². The number of methoxy groups -OCH3 is 1. The summed E-state index contributed by atoms with van der Waals surface area (Å²) in [7, 11) is 1.65. The molecule has 0 aliphatic carbocycles. The van der Waals surface area contributed by atoms with Crippen LogP contribution in [0.2, 0.25) is 0 Å².